The number of hydrogen-bond acceptors (Lipinski definition) is 4. The zero-order valence-electron chi connectivity index (χ0n) is 19.5. The van der Waals surface area contributed by atoms with Gasteiger partial charge in [0.2, 0.25) is 0 Å². The van der Waals surface area contributed by atoms with Gasteiger partial charge in [0.05, 0.1) is 6.54 Å². The van der Waals surface area contributed by atoms with Crippen LogP contribution in [0.5, 0.6) is 5.75 Å². The summed E-state index contributed by atoms with van der Waals surface area (Å²) in [5, 5.41) is 7.50. The van der Waals surface area contributed by atoms with Crippen molar-refractivity contribution in [2.75, 3.05) is 13.2 Å². The maximum absolute atomic E-state index is 12.8. The number of amides is 2. The average molecular weight is 463 g/mol. The molecule has 0 aliphatic carbocycles. The fourth-order valence-electron chi connectivity index (χ4n) is 3.13. The topological polar surface area (TPSA) is 67.4 Å². The molecule has 2 amide bonds. The van der Waals surface area contributed by atoms with Gasteiger partial charge in [-0.15, -0.1) is 11.3 Å². The Morgan fingerprint density at radius 2 is 1.79 bits per heavy atom. The van der Waals surface area contributed by atoms with Crippen molar-refractivity contribution in [1.82, 2.24) is 10.6 Å². The normalized spacial score (nSPS) is 11.7. The van der Waals surface area contributed by atoms with Gasteiger partial charge in [-0.3, -0.25) is 9.59 Å². The van der Waals surface area contributed by atoms with Crippen molar-refractivity contribution in [3.63, 3.8) is 0 Å². The summed E-state index contributed by atoms with van der Waals surface area (Å²) in [7, 11) is 0. The van der Waals surface area contributed by atoms with Crippen molar-refractivity contribution in [2.24, 2.45) is 0 Å². The van der Waals surface area contributed by atoms with Crippen LogP contribution in [0.2, 0.25) is 0 Å². The Morgan fingerprint density at radius 3 is 2.42 bits per heavy atom. The molecule has 2 N–H and O–H groups in total. The Labute approximate surface area is 199 Å². The average Bonchev–Trinajstić information content (AvgIpc) is 3.29. The van der Waals surface area contributed by atoms with E-state index in [0.29, 0.717) is 18.7 Å². The second-order valence-electron chi connectivity index (χ2n) is 8.78. The largest absolute Gasteiger partial charge is 0.492 e. The van der Waals surface area contributed by atoms with E-state index in [-0.39, 0.29) is 22.9 Å². The molecular formula is C27H30N2O3S. The predicted molar refractivity (Wildman–Crippen MR) is 135 cm³/mol. The molecule has 1 aromatic heterocycles. The number of carbonyl (C=O) groups is 2. The summed E-state index contributed by atoms with van der Waals surface area (Å²) in [5.41, 5.74) is 2.99. The third kappa shape index (κ3) is 7.32. The molecule has 33 heavy (non-hydrogen) atoms. The lowest BCUT2D eigenvalue weighted by Crippen LogP contribution is -2.36. The number of aryl methyl sites for hydroxylation is 1. The van der Waals surface area contributed by atoms with E-state index in [4.69, 9.17) is 4.74 Å². The van der Waals surface area contributed by atoms with Gasteiger partial charge in [-0.05, 0) is 59.7 Å². The van der Waals surface area contributed by atoms with Crippen molar-refractivity contribution in [3.8, 4) is 5.75 Å². The lowest BCUT2D eigenvalue weighted by atomic mass is 9.87. The van der Waals surface area contributed by atoms with Crippen LogP contribution in [-0.2, 0) is 10.2 Å². The van der Waals surface area contributed by atoms with E-state index < -0.39 is 0 Å². The van der Waals surface area contributed by atoms with Crippen molar-refractivity contribution in [3.05, 3.63) is 93.3 Å². The van der Waals surface area contributed by atoms with E-state index in [1.54, 1.807) is 18.2 Å². The van der Waals surface area contributed by atoms with Crippen molar-refractivity contribution < 1.29 is 14.3 Å². The fourth-order valence-corrected chi connectivity index (χ4v) is 3.79. The second-order valence-corrected chi connectivity index (χ2v) is 9.76. The minimum atomic E-state index is -0.365. The van der Waals surface area contributed by atoms with Crippen LogP contribution >= 0.6 is 11.3 Å². The zero-order chi connectivity index (χ0) is 23.8. The lowest BCUT2D eigenvalue weighted by Gasteiger charge is -2.19. The van der Waals surface area contributed by atoms with Gasteiger partial charge in [0.1, 0.15) is 18.1 Å². The standard InChI is InChI=1S/C27H30N2O3S/c1-19-7-5-8-20(17-19)25(30)29-24(18-23-9-6-16-33-23)26(31)28-14-15-32-22-12-10-21(11-13-22)27(2,3)4/h5-13,16-18H,14-15H2,1-4H3,(H,28,31)(H,29,30)/b24-18-. The molecule has 3 rings (SSSR count). The van der Waals surface area contributed by atoms with Crippen LogP contribution in [0.3, 0.4) is 0 Å². The van der Waals surface area contributed by atoms with E-state index in [1.165, 1.54) is 16.9 Å². The third-order valence-electron chi connectivity index (χ3n) is 4.98. The summed E-state index contributed by atoms with van der Waals surface area (Å²) in [6.07, 6.45) is 1.68. The Balaban J connectivity index is 1.59. The van der Waals surface area contributed by atoms with Gasteiger partial charge < -0.3 is 15.4 Å². The van der Waals surface area contributed by atoms with E-state index in [2.05, 4.69) is 43.5 Å². The van der Waals surface area contributed by atoms with Gasteiger partial charge in [-0.2, -0.15) is 0 Å². The number of nitrogens with one attached hydrogen (secondary N) is 2. The Kier molecular flexibility index (Phi) is 8.06. The molecule has 0 saturated heterocycles. The number of hydrogen-bond donors (Lipinski definition) is 2. The molecule has 0 aliphatic rings. The summed E-state index contributed by atoms with van der Waals surface area (Å²) in [4.78, 5) is 26.4. The van der Waals surface area contributed by atoms with Crippen molar-refractivity contribution in [1.29, 1.82) is 0 Å². The summed E-state index contributed by atoms with van der Waals surface area (Å²) < 4.78 is 5.75. The molecule has 0 bridgehead atoms. The van der Waals surface area contributed by atoms with Crippen LogP contribution in [0.15, 0.2) is 71.7 Å². The molecule has 2 aromatic carbocycles. The first-order valence-electron chi connectivity index (χ1n) is 10.9. The highest BCUT2D eigenvalue weighted by Crippen LogP contribution is 2.24. The zero-order valence-corrected chi connectivity index (χ0v) is 20.3. The first-order chi connectivity index (χ1) is 15.7. The molecule has 0 aliphatic heterocycles. The number of carbonyl (C=O) groups excluding carboxylic acids is 2. The molecule has 0 unspecified atom stereocenters. The summed E-state index contributed by atoms with van der Waals surface area (Å²) in [5.74, 6) is 0.0577. The Hall–Kier alpha value is -3.38. The molecule has 5 nitrogen and oxygen atoms in total. The SMILES string of the molecule is Cc1cccc(C(=O)N/C(=C\c2cccs2)C(=O)NCCOc2ccc(C(C)(C)C)cc2)c1. The Morgan fingerprint density at radius 1 is 1.03 bits per heavy atom. The number of thiophene rings is 1. The van der Waals surface area contributed by atoms with Crippen LogP contribution in [0, 0.1) is 6.92 Å². The molecule has 0 radical (unpaired) electrons. The highest BCUT2D eigenvalue weighted by Gasteiger charge is 2.15. The molecule has 172 valence electrons. The third-order valence-corrected chi connectivity index (χ3v) is 5.80. The summed E-state index contributed by atoms with van der Waals surface area (Å²) in [6.45, 7) is 9.04. The summed E-state index contributed by atoms with van der Waals surface area (Å²) >= 11 is 1.49. The maximum atomic E-state index is 12.8. The van der Waals surface area contributed by atoms with E-state index in [0.717, 1.165) is 16.2 Å². The fraction of sp³-hybridized carbons (Fsp3) is 0.259. The van der Waals surface area contributed by atoms with Crippen molar-refractivity contribution >= 4 is 29.2 Å². The molecule has 0 atom stereocenters. The predicted octanol–water partition coefficient (Wildman–Crippen LogP) is 5.32. The van der Waals surface area contributed by atoms with Gasteiger partial charge in [-0.25, -0.2) is 0 Å². The van der Waals surface area contributed by atoms with Crippen molar-refractivity contribution in [2.45, 2.75) is 33.1 Å². The lowest BCUT2D eigenvalue weighted by molar-refractivity contribution is -0.117. The summed E-state index contributed by atoms with van der Waals surface area (Å²) in [6, 6.07) is 19.0. The molecule has 6 heteroatoms. The molecule has 0 spiro atoms. The van der Waals surface area contributed by atoms with Crippen LogP contribution in [0.25, 0.3) is 6.08 Å². The van der Waals surface area contributed by atoms with Crippen LogP contribution in [0.1, 0.15) is 47.1 Å². The van der Waals surface area contributed by atoms with Gasteiger partial charge in [0.15, 0.2) is 0 Å². The first-order valence-corrected chi connectivity index (χ1v) is 11.7. The van der Waals surface area contributed by atoms with E-state index in [1.807, 2.05) is 48.7 Å². The first kappa shape index (κ1) is 24.3. The quantitative estimate of drug-likeness (QED) is 0.352. The maximum Gasteiger partial charge on any atom is 0.267 e. The Bertz CT molecular complexity index is 1110. The smallest absolute Gasteiger partial charge is 0.267 e. The van der Waals surface area contributed by atoms with Crippen LogP contribution < -0.4 is 15.4 Å². The molecule has 3 aromatic rings. The van der Waals surface area contributed by atoms with Crippen LogP contribution in [0.4, 0.5) is 0 Å². The highest BCUT2D eigenvalue weighted by atomic mass is 32.1. The van der Waals surface area contributed by atoms with Crippen LogP contribution in [-0.4, -0.2) is 25.0 Å². The number of rotatable bonds is 8. The number of benzene rings is 2. The minimum absolute atomic E-state index is 0.0840. The molecule has 1 heterocycles. The van der Waals surface area contributed by atoms with E-state index >= 15 is 0 Å². The molecular weight excluding hydrogens is 432 g/mol. The van der Waals surface area contributed by atoms with Gasteiger partial charge >= 0.3 is 0 Å². The number of ether oxygens (including phenoxy) is 1. The second kappa shape index (κ2) is 11.0. The van der Waals surface area contributed by atoms with Gasteiger partial charge in [0.25, 0.3) is 11.8 Å². The minimum Gasteiger partial charge on any atom is -0.492 e. The highest BCUT2D eigenvalue weighted by molar-refractivity contribution is 7.10. The van der Waals surface area contributed by atoms with Gasteiger partial charge in [0, 0.05) is 10.4 Å². The molecule has 0 fully saturated rings. The van der Waals surface area contributed by atoms with E-state index in [9.17, 15) is 9.59 Å². The molecule has 0 saturated carbocycles. The van der Waals surface area contributed by atoms with Gasteiger partial charge in [-0.1, -0.05) is 56.7 Å². The monoisotopic (exact) mass is 462 g/mol.